The largest absolute Gasteiger partial charge is 0.497 e. The Labute approximate surface area is 196 Å². The van der Waals surface area contributed by atoms with Crippen molar-refractivity contribution in [2.75, 3.05) is 30.8 Å². The number of carbonyl (C=O) groups is 2. The van der Waals surface area contributed by atoms with E-state index in [9.17, 15) is 18.0 Å². The maximum absolute atomic E-state index is 13.4. The van der Waals surface area contributed by atoms with Crippen LogP contribution in [-0.2, 0) is 26.2 Å². The third kappa shape index (κ3) is 7.49. The summed E-state index contributed by atoms with van der Waals surface area (Å²) in [4.78, 5) is 27.5. The van der Waals surface area contributed by atoms with Crippen LogP contribution in [0.5, 0.6) is 5.75 Å². The Morgan fingerprint density at radius 1 is 1.12 bits per heavy atom. The summed E-state index contributed by atoms with van der Waals surface area (Å²) >= 11 is 0. The van der Waals surface area contributed by atoms with Gasteiger partial charge in [-0.25, -0.2) is 8.42 Å². The number of hydrogen-bond acceptors (Lipinski definition) is 5. The maximum Gasteiger partial charge on any atom is 0.244 e. The van der Waals surface area contributed by atoms with Gasteiger partial charge in [0.1, 0.15) is 18.3 Å². The van der Waals surface area contributed by atoms with Crippen LogP contribution in [0.2, 0.25) is 0 Å². The molecule has 0 unspecified atom stereocenters. The molecule has 180 valence electrons. The molecule has 0 fully saturated rings. The van der Waals surface area contributed by atoms with E-state index in [0.29, 0.717) is 18.0 Å². The highest BCUT2D eigenvalue weighted by molar-refractivity contribution is 7.92. The summed E-state index contributed by atoms with van der Waals surface area (Å²) in [5.41, 5.74) is 2.19. The van der Waals surface area contributed by atoms with Gasteiger partial charge in [-0.3, -0.25) is 13.9 Å². The normalized spacial score (nSPS) is 12.0. The van der Waals surface area contributed by atoms with Crippen molar-refractivity contribution in [3.8, 4) is 5.75 Å². The van der Waals surface area contributed by atoms with Gasteiger partial charge in [-0.2, -0.15) is 0 Å². The van der Waals surface area contributed by atoms with E-state index in [2.05, 4.69) is 5.32 Å². The van der Waals surface area contributed by atoms with E-state index >= 15 is 0 Å². The number of benzene rings is 2. The van der Waals surface area contributed by atoms with Gasteiger partial charge in [0.25, 0.3) is 0 Å². The molecule has 0 saturated heterocycles. The van der Waals surface area contributed by atoms with Crippen LogP contribution in [-0.4, -0.2) is 57.6 Å². The first-order valence-electron chi connectivity index (χ1n) is 10.8. The quantitative estimate of drug-likeness (QED) is 0.539. The van der Waals surface area contributed by atoms with Gasteiger partial charge < -0.3 is 15.0 Å². The summed E-state index contributed by atoms with van der Waals surface area (Å²) in [6, 6.07) is 13.4. The van der Waals surface area contributed by atoms with E-state index in [-0.39, 0.29) is 12.5 Å². The molecule has 2 rings (SSSR count). The molecule has 0 spiro atoms. The Kier molecular flexibility index (Phi) is 9.28. The minimum Gasteiger partial charge on any atom is -0.497 e. The van der Waals surface area contributed by atoms with Crippen molar-refractivity contribution in [2.45, 2.75) is 39.8 Å². The topological polar surface area (TPSA) is 96.0 Å². The van der Waals surface area contributed by atoms with Gasteiger partial charge in [0.05, 0.1) is 19.1 Å². The number of nitrogens with one attached hydrogen (secondary N) is 1. The zero-order chi connectivity index (χ0) is 24.6. The van der Waals surface area contributed by atoms with Crippen molar-refractivity contribution in [1.82, 2.24) is 10.2 Å². The second kappa shape index (κ2) is 11.7. The van der Waals surface area contributed by atoms with Crippen LogP contribution in [0, 0.1) is 6.92 Å². The molecule has 1 atom stereocenters. The number of aryl methyl sites for hydroxylation is 1. The molecule has 2 aromatic carbocycles. The second-order valence-corrected chi connectivity index (χ2v) is 9.86. The van der Waals surface area contributed by atoms with Crippen LogP contribution in [0.3, 0.4) is 0 Å². The summed E-state index contributed by atoms with van der Waals surface area (Å²) in [6.07, 6.45) is 1.81. The lowest BCUT2D eigenvalue weighted by molar-refractivity contribution is -0.139. The molecule has 8 nitrogen and oxygen atoms in total. The lowest BCUT2D eigenvalue weighted by Crippen LogP contribution is -2.51. The standard InChI is InChI=1S/C24H33N3O5S/c1-6-13-25-24(29)19(3)26(16-20-10-7-9-18(2)14-20)23(28)17-27(33(5,30)31)21-11-8-12-22(15-21)32-4/h7-12,14-15,19H,6,13,16-17H2,1-5H3,(H,25,29)/t19-/m1/s1. The highest BCUT2D eigenvalue weighted by Crippen LogP contribution is 2.23. The van der Waals surface area contributed by atoms with Crippen LogP contribution in [0.1, 0.15) is 31.4 Å². The number of ether oxygens (including phenoxy) is 1. The molecule has 9 heteroatoms. The molecule has 0 bridgehead atoms. The molecule has 1 N–H and O–H groups in total. The molecule has 0 radical (unpaired) electrons. The minimum absolute atomic E-state index is 0.178. The predicted molar refractivity (Wildman–Crippen MR) is 130 cm³/mol. The molecule has 0 aliphatic carbocycles. The average molecular weight is 476 g/mol. The van der Waals surface area contributed by atoms with Gasteiger partial charge >= 0.3 is 0 Å². The van der Waals surface area contributed by atoms with Gasteiger partial charge in [0.2, 0.25) is 21.8 Å². The van der Waals surface area contributed by atoms with E-state index in [1.165, 1.54) is 12.0 Å². The molecule has 2 aromatic rings. The molecule has 0 saturated carbocycles. The van der Waals surface area contributed by atoms with E-state index in [0.717, 1.165) is 28.1 Å². The van der Waals surface area contributed by atoms with Crippen LogP contribution >= 0.6 is 0 Å². The molecule has 33 heavy (non-hydrogen) atoms. The maximum atomic E-state index is 13.4. The number of carbonyl (C=O) groups excluding carboxylic acids is 2. The van der Waals surface area contributed by atoms with Gasteiger partial charge in [0, 0.05) is 19.2 Å². The van der Waals surface area contributed by atoms with Gasteiger partial charge in [0.15, 0.2) is 0 Å². The SMILES string of the molecule is CCCNC(=O)[C@@H](C)N(Cc1cccc(C)c1)C(=O)CN(c1cccc(OC)c1)S(C)(=O)=O. The van der Waals surface area contributed by atoms with Crippen LogP contribution in [0.15, 0.2) is 48.5 Å². The fraction of sp³-hybridized carbons (Fsp3) is 0.417. The number of hydrogen-bond donors (Lipinski definition) is 1. The highest BCUT2D eigenvalue weighted by Gasteiger charge is 2.30. The highest BCUT2D eigenvalue weighted by atomic mass is 32.2. The molecule has 0 aromatic heterocycles. The van der Waals surface area contributed by atoms with Gasteiger partial charge in [-0.1, -0.05) is 42.8 Å². The minimum atomic E-state index is -3.78. The number of amides is 2. The fourth-order valence-corrected chi connectivity index (χ4v) is 4.21. The molecular weight excluding hydrogens is 442 g/mol. The third-order valence-corrected chi connectivity index (χ3v) is 6.31. The fourth-order valence-electron chi connectivity index (χ4n) is 3.37. The zero-order valence-corrected chi connectivity index (χ0v) is 20.7. The van der Waals surface area contributed by atoms with Crippen molar-refractivity contribution < 1.29 is 22.7 Å². The van der Waals surface area contributed by atoms with Gasteiger partial charge in [-0.05, 0) is 38.0 Å². The number of anilines is 1. The second-order valence-electron chi connectivity index (χ2n) is 7.95. The Morgan fingerprint density at radius 2 is 1.82 bits per heavy atom. The molecule has 0 aliphatic rings. The summed E-state index contributed by atoms with van der Waals surface area (Å²) < 4.78 is 31.4. The first kappa shape index (κ1) is 26.2. The number of nitrogens with zero attached hydrogens (tertiary/aromatic N) is 2. The first-order chi connectivity index (χ1) is 15.6. The smallest absolute Gasteiger partial charge is 0.244 e. The van der Waals surface area contributed by atoms with Gasteiger partial charge in [-0.15, -0.1) is 0 Å². The lowest BCUT2D eigenvalue weighted by atomic mass is 10.1. The van der Waals surface area contributed by atoms with Crippen LogP contribution in [0.25, 0.3) is 0 Å². The first-order valence-corrected chi connectivity index (χ1v) is 12.7. The lowest BCUT2D eigenvalue weighted by Gasteiger charge is -2.31. The summed E-state index contributed by atoms with van der Waals surface area (Å²) in [5, 5.41) is 2.81. The monoisotopic (exact) mass is 475 g/mol. The molecular formula is C24H33N3O5S. The Morgan fingerprint density at radius 3 is 2.42 bits per heavy atom. The van der Waals surface area contributed by atoms with Crippen molar-refractivity contribution in [1.29, 1.82) is 0 Å². The third-order valence-electron chi connectivity index (χ3n) is 5.17. The number of rotatable bonds is 11. The molecule has 2 amide bonds. The number of methoxy groups -OCH3 is 1. The van der Waals surface area contributed by atoms with E-state index < -0.39 is 28.5 Å². The Balaban J connectivity index is 2.38. The van der Waals surface area contributed by atoms with E-state index in [1.807, 2.05) is 38.1 Å². The molecule has 0 heterocycles. The van der Waals surface area contributed by atoms with E-state index in [4.69, 9.17) is 4.74 Å². The van der Waals surface area contributed by atoms with Crippen molar-refractivity contribution >= 4 is 27.5 Å². The Bertz CT molecular complexity index is 1070. The summed E-state index contributed by atoms with van der Waals surface area (Å²) in [6.45, 7) is 5.77. The average Bonchev–Trinajstić information content (AvgIpc) is 2.78. The van der Waals surface area contributed by atoms with E-state index in [1.54, 1.807) is 31.2 Å². The van der Waals surface area contributed by atoms with Crippen LogP contribution in [0.4, 0.5) is 5.69 Å². The summed E-state index contributed by atoms with van der Waals surface area (Å²) in [5.74, 6) is -0.299. The number of sulfonamides is 1. The van der Waals surface area contributed by atoms with Crippen molar-refractivity contribution in [3.63, 3.8) is 0 Å². The van der Waals surface area contributed by atoms with Crippen molar-refractivity contribution in [3.05, 3.63) is 59.7 Å². The predicted octanol–water partition coefficient (Wildman–Crippen LogP) is 2.71. The van der Waals surface area contributed by atoms with Crippen LogP contribution < -0.4 is 14.4 Å². The zero-order valence-electron chi connectivity index (χ0n) is 19.9. The summed E-state index contributed by atoms with van der Waals surface area (Å²) in [7, 11) is -2.30. The Hall–Kier alpha value is -3.07. The van der Waals surface area contributed by atoms with Crippen molar-refractivity contribution in [2.24, 2.45) is 0 Å². The molecule has 0 aliphatic heterocycles.